The number of hydrogen-bond acceptors (Lipinski definition) is 7. The molecule has 1 N–H and O–H groups in total. The van der Waals surface area contributed by atoms with Gasteiger partial charge in [0, 0.05) is 0 Å². The van der Waals surface area contributed by atoms with Crippen LogP contribution >= 0.6 is 0 Å². The van der Waals surface area contributed by atoms with Crippen molar-refractivity contribution in [2.75, 3.05) is 19.8 Å². The molecule has 1 aromatic heterocycles. The van der Waals surface area contributed by atoms with E-state index in [2.05, 4.69) is 15.5 Å². The molecule has 2 atom stereocenters. The maximum absolute atomic E-state index is 12.8. The van der Waals surface area contributed by atoms with Gasteiger partial charge in [-0.15, -0.1) is 5.10 Å². The van der Waals surface area contributed by atoms with Crippen molar-refractivity contribution >= 4 is 5.91 Å². The molecule has 0 spiro atoms. The average Bonchev–Trinajstić information content (AvgIpc) is 3.15. The lowest BCUT2D eigenvalue weighted by Crippen LogP contribution is -2.43. The molecule has 0 bridgehead atoms. The van der Waals surface area contributed by atoms with Crippen LogP contribution in [0.4, 0.5) is 4.39 Å². The fraction of sp³-hybridized carbons (Fsp3) is 0.500. The lowest BCUT2D eigenvalue weighted by molar-refractivity contribution is -0.125. The van der Waals surface area contributed by atoms with Gasteiger partial charge in [0.1, 0.15) is 17.7 Å². The van der Waals surface area contributed by atoms with Crippen molar-refractivity contribution in [3.63, 3.8) is 0 Å². The zero-order chi connectivity index (χ0) is 19.1. The van der Waals surface area contributed by atoms with Crippen LogP contribution in [0, 0.1) is 5.82 Å². The predicted octanol–water partition coefficient (Wildman–Crippen LogP) is 2.41. The van der Waals surface area contributed by atoms with Gasteiger partial charge in [-0.25, -0.2) is 4.39 Å². The van der Waals surface area contributed by atoms with Crippen LogP contribution in [0.3, 0.4) is 0 Å². The number of hydrogen-bond donors (Lipinski definition) is 1. The van der Waals surface area contributed by atoms with Gasteiger partial charge in [-0.05, 0) is 43.5 Å². The number of rotatable bonds is 8. The van der Waals surface area contributed by atoms with Crippen LogP contribution in [0.1, 0.15) is 38.2 Å². The maximum atomic E-state index is 12.8. The molecule has 2 aromatic rings. The van der Waals surface area contributed by atoms with Gasteiger partial charge in [-0.2, -0.15) is 0 Å². The number of amides is 1. The molecule has 9 heteroatoms. The summed E-state index contributed by atoms with van der Waals surface area (Å²) in [7, 11) is 0. The van der Waals surface area contributed by atoms with E-state index in [0.29, 0.717) is 37.7 Å². The van der Waals surface area contributed by atoms with E-state index in [1.807, 2.05) is 6.92 Å². The van der Waals surface area contributed by atoms with Gasteiger partial charge in [0.05, 0.1) is 19.3 Å². The summed E-state index contributed by atoms with van der Waals surface area (Å²) in [6.45, 7) is 2.69. The molecule has 2 heterocycles. The quantitative estimate of drug-likeness (QED) is 0.752. The molecule has 1 aliphatic heterocycles. The maximum Gasteiger partial charge on any atom is 0.414 e. The number of carbonyl (C=O) groups excluding carboxylic acids is 1. The number of halogens is 1. The smallest absolute Gasteiger partial charge is 0.414 e. The summed E-state index contributed by atoms with van der Waals surface area (Å²) in [5.74, 6) is 0.194. The number of nitrogens with zero attached hydrogens (tertiary/aromatic N) is 2. The first-order chi connectivity index (χ1) is 13.1. The third kappa shape index (κ3) is 5.65. The van der Waals surface area contributed by atoms with Crippen LogP contribution in [0.25, 0.3) is 0 Å². The number of ether oxygens (including phenoxy) is 3. The Morgan fingerprint density at radius 1 is 1.26 bits per heavy atom. The number of aromatic nitrogens is 2. The summed E-state index contributed by atoms with van der Waals surface area (Å²) >= 11 is 0. The Balaban J connectivity index is 1.39. The second-order valence-electron chi connectivity index (χ2n) is 6.16. The van der Waals surface area contributed by atoms with E-state index >= 15 is 0 Å². The summed E-state index contributed by atoms with van der Waals surface area (Å²) < 4.78 is 34.6. The average molecular weight is 379 g/mol. The summed E-state index contributed by atoms with van der Waals surface area (Å²) in [6, 6.07) is 5.38. The van der Waals surface area contributed by atoms with E-state index in [1.54, 1.807) is 0 Å². The van der Waals surface area contributed by atoms with Gasteiger partial charge in [0.2, 0.25) is 5.89 Å². The van der Waals surface area contributed by atoms with E-state index in [4.69, 9.17) is 18.6 Å². The molecule has 1 fully saturated rings. The van der Waals surface area contributed by atoms with Crippen molar-refractivity contribution in [2.24, 2.45) is 0 Å². The lowest BCUT2D eigenvalue weighted by Gasteiger charge is -2.27. The van der Waals surface area contributed by atoms with Gasteiger partial charge in [0.25, 0.3) is 5.91 Å². The molecule has 0 aliphatic carbocycles. The minimum Gasteiger partial charge on any atom is -0.484 e. The summed E-state index contributed by atoms with van der Waals surface area (Å²) in [5, 5.41) is 10.6. The fourth-order valence-corrected chi connectivity index (χ4v) is 2.61. The Hall–Kier alpha value is -2.68. The fourth-order valence-electron chi connectivity index (χ4n) is 2.61. The van der Waals surface area contributed by atoms with Gasteiger partial charge >= 0.3 is 6.08 Å². The summed E-state index contributed by atoms with van der Waals surface area (Å²) in [4.78, 5) is 12.0. The molecule has 0 radical (unpaired) electrons. The van der Waals surface area contributed by atoms with E-state index in [9.17, 15) is 9.18 Å². The predicted molar refractivity (Wildman–Crippen MR) is 91.8 cm³/mol. The zero-order valence-electron chi connectivity index (χ0n) is 15.0. The van der Waals surface area contributed by atoms with Crippen molar-refractivity contribution in [3.05, 3.63) is 36.0 Å². The lowest BCUT2D eigenvalue weighted by atomic mass is 10.1. The van der Waals surface area contributed by atoms with Gasteiger partial charge in [-0.1, -0.05) is 12.0 Å². The number of carbonyl (C=O) groups is 1. The van der Waals surface area contributed by atoms with Crippen molar-refractivity contribution in [1.82, 2.24) is 15.5 Å². The molecule has 0 unspecified atom stereocenters. The monoisotopic (exact) mass is 379 g/mol. The Morgan fingerprint density at radius 2 is 2.07 bits per heavy atom. The van der Waals surface area contributed by atoms with Gasteiger partial charge in [0.15, 0.2) is 6.61 Å². The van der Waals surface area contributed by atoms with Crippen molar-refractivity contribution in [3.8, 4) is 11.8 Å². The molecule has 146 valence electrons. The van der Waals surface area contributed by atoms with Crippen LogP contribution in [0.15, 0.2) is 28.7 Å². The number of nitrogens with one attached hydrogen (secondary N) is 1. The normalized spacial score (nSPS) is 19.5. The topological polar surface area (TPSA) is 95.7 Å². The highest BCUT2D eigenvalue weighted by Gasteiger charge is 2.28. The Morgan fingerprint density at radius 3 is 2.78 bits per heavy atom. The zero-order valence-corrected chi connectivity index (χ0v) is 15.0. The van der Waals surface area contributed by atoms with Crippen molar-refractivity contribution in [1.29, 1.82) is 0 Å². The highest BCUT2D eigenvalue weighted by Crippen LogP contribution is 2.28. The minimum absolute atomic E-state index is 0.121. The first-order valence-corrected chi connectivity index (χ1v) is 8.89. The van der Waals surface area contributed by atoms with E-state index in [1.165, 1.54) is 24.3 Å². The van der Waals surface area contributed by atoms with Crippen molar-refractivity contribution < 1.29 is 27.8 Å². The van der Waals surface area contributed by atoms with Crippen LogP contribution in [-0.2, 0) is 9.53 Å². The van der Waals surface area contributed by atoms with Crippen LogP contribution in [-0.4, -0.2) is 42.0 Å². The SMILES string of the molecule is CCCOc1nnc([C@@H]2CC[C@@H](NC(=O)COc3ccc(F)cc3)CO2)o1. The third-order valence-electron chi connectivity index (χ3n) is 3.95. The molecular weight excluding hydrogens is 357 g/mol. The van der Waals surface area contributed by atoms with Crippen LogP contribution in [0.5, 0.6) is 11.8 Å². The summed E-state index contributed by atoms with van der Waals surface area (Å²) in [5.41, 5.74) is 0. The molecule has 1 aromatic carbocycles. The Kier molecular flexibility index (Phi) is 6.59. The second kappa shape index (κ2) is 9.31. The molecule has 1 amide bonds. The second-order valence-corrected chi connectivity index (χ2v) is 6.16. The first-order valence-electron chi connectivity index (χ1n) is 8.89. The van der Waals surface area contributed by atoms with E-state index in [-0.39, 0.29) is 36.6 Å². The molecular formula is C18H22FN3O5. The minimum atomic E-state index is -0.356. The van der Waals surface area contributed by atoms with E-state index < -0.39 is 0 Å². The largest absolute Gasteiger partial charge is 0.484 e. The molecule has 1 saturated heterocycles. The summed E-state index contributed by atoms with van der Waals surface area (Å²) in [6.07, 6.45) is 2.03. The van der Waals surface area contributed by atoms with Gasteiger partial charge in [-0.3, -0.25) is 4.79 Å². The molecule has 1 aliphatic rings. The van der Waals surface area contributed by atoms with Gasteiger partial charge < -0.3 is 23.9 Å². The number of benzene rings is 1. The Bertz CT molecular complexity index is 729. The highest BCUT2D eigenvalue weighted by atomic mass is 19.1. The first kappa shape index (κ1) is 19.1. The molecule has 27 heavy (non-hydrogen) atoms. The highest BCUT2D eigenvalue weighted by molar-refractivity contribution is 5.77. The van der Waals surface area contributed by atoms with E-state index in [0.717, 1.165) is 6.42 Å². The molecule has 8 nitrogen and oxygen atoms in total. The molecule has 0 saturated carbocycles. The van der Waals surface area contributed by atoms with Crippen LogP contribution < -0.4 is 14.8 Å². The Labute approximate surface area is 156 Å². The van der Waals surface area contributed by atoms with Crippen molar-refractivity contribution in [2.45, 2.75) is 38.3 Å². The van der Waals surface area contributed by atoms with Crippen LogP contribution in [0.2, 0.25) is 0 Å². The standard InChI is InChI=1S/C18H22FN3O5/c1-2-9-24-18-22-21-17(27-18)15-8-5-13(10-26-15)20-16(23)11-25-14-6-3-12(19)4-7-14/h3-4,6-7,13,15H,2,5,8-11H2,1H3,(H,20,23)/t13-,15+/m1/s1. The molecule has 3 rings (SSSR count). The third-order valence-corrected chi connectivity index (χ3v) is 3.95.